The molecule has 2 aromatic heterocycles. The lowest BCUT2D eigenvalue weighted by molar-refractivity contribution is -0.155. The number of fused-ring (bicyclic) bond motifs is 1. The van der Waals surface area contributed by atoms with Gasteiger partial charge in [0.25, 0.3) is 5.91 Å². The summed E-state index contributed by atoms with van der Waals surface area (Å²) < 4.78 is 6.65. The minimum Gasteiger partial charge on any atom is -0.465 e. The van der Waals surface area contributed by atoms with E-state index in [-0.39, 0.29) is 50.3 Å². The van der Waals surface area contributed by atoms with Crippen LogP contribution in [0.1, 0.15) is 118 Å². The third-order valence-electron chi connectivity index (χ3n) is 7.40. The van der Waals surface area contributed by atoms with Gasteiger partial charge in [0.15, 0.2) is 0 Å². The number of aromatic nitrogens is 3. The number of hydrogen-bond donors (Lipinski definition) is 2. The molecule has 4 rings (SSSR count). The van der Waals surface area contributed by atoms with Crippen molar-refractivity contribution >= 4 is 64.4 Å². The molecule has 0 aliphatic rings. The molecule has 0 spiro atoms. The van der Waals surface area contributed by atoms with Gasteiger partial charge in [-0.1, -0.05) is 91.8 Å². The Labute approximate surface area is 350 Å². The van der Waals surface area contributed by atoms with E-state index in [4.69, 9.17) is 9.84 Å². The van der Waals surface area contributed by atoms with Gasteiger partial charge in [-0.15, -0.1) is 0 Å². The smallest absolute Gasteiger partial charge is 0.345 e. The molecule has 0 aliphatic heterocycles. The Morgan fingerprint density at radius 2 is 1.53 bits per heavy atom. The van der Waals surface area contributed by atoms with Gasteiger partial charge in [0.05, 0.1) is 34.5 Å². The van der Waals surface area contributed by atoms with Crippen LogP contribution in [-0.4, -0.2) is 82.6 Å². The molecule has 0 fully saturated rings. The normalized spacial score (nSPS) is 10.2. The molecule has 318 valence electrons. The predicted molar refractivity (Wildman–Crippen MR) is 238 cm³/mol. The number of pyridine rings is 1. The number of hydrogen-bond acceptors (Lipinski definition) is 9. The number of benzene rings is 2. The Morgan fingerprint density at radius 3 is 2.12 bits per heavy atom. The number of carbonyl (C=O) groups is 5. The Balaban J connectivity index is 0.00000334. The Bertz CT molecular complexity index is 1890. The molecule has 0 radical (unpaired) electrons. The van der Waals surface area contributed by atoms with Crippen LogP contribution in [0.15, 0.2) is 76.7 Å². The summed E-state index contributed by atoms with van der Waals surface area (Å²) >= 11 is 1.37. The molecule has 2 N–H and O–H groups in total. The number of carbonyl (C=O) groups excluding carboxylic acids is 5. The summed E-state index contributed by atoms with van der Waals surface area (Å²) in [7, 11) is 1.57. The van der Waals surface area contributed by atoms with E-state index in [9.17, 15) is 24.0 Å². The minimum absolute atomic E-state index is 0.0568. The first kappa shape index (κ1) is 52.7. The van der Waals surface area contributed by atoms with E-state index in [1.165, 1.54) is 41.6 Å². The van der Waals surface area contributed by atoms with Crippen molar-refractivity contribution < 1.29 is 28.7 Å². The molecule has 0 saturated carbocycles. The standard InChI is InChI=1S/C36H40N6O6S.C3H8.3C2H6/c1-24(43)17-21-48-34(46)36(3,4)23-41(20-19-38-25(2)44)35(47)42-31-22-27(49-32-12-7-6-11-29(32)33(45)37-5)14-15-28(31)30(40-42)16-13-26-10-8-9-18-39-26;1-3-2;3*1-2/h6-16,18,22H,17,19-21,23H2,1-5H3,(H,37,45)(H,38,44);3H2,1-2H3;3*1-2H3/b16-13+;;;;. The second-order valence-electron chi connectivity index (χ2n) is 12.6. The number of Topliss-reactive ketones (excluding diaryl/α,β-unsaturated/α-hetero) is 1. The van der Waals surface area contributed by atoms with Crippen LogP contribution in [0, 0.1) is 5.41 Å². The second-order valence-corrected chi connectivity index (χ2v) is 13.7. The van der Waals surface area contributed by atoms with Crippen molar-refractivity contribution in [3.05, 3.63) is 83.8 Å². The Kier molecular flexibility index (Phi) is 26.3. The molecule has 13 heteroatoms. The lowest BCUT2D eigenvalue weighted by Crippen LogP contribution is -2.47. The number of ether oxygens (including phenoxy) is 1. The first-order valence-electron chi connectivity index (χ1n) is 20.1. The zero-order valence-corrected chi connectivity index (χ0v) is 37.7. The monoisotopic (exact) mass is 818 g/mol. The molecule has 0 unspecified atom stereocenters. The lowest BCUT2D eigenvalue weighted by atomic mass is 9.93. The number of esters is 1. The summed E-state index contributed by atoms with van der Waals surface area (Å²) in [6, 6.07) is 17.8. The molecular formula is C45H66N6O6S. The quantitative estimate of drug-likeness (QED) is 0.119. The van der Waals surface area contributed by atoms with Crippen LogP contribution in [-0.2, 0) is 19.1 Å². The molecule has 2 aromatic carbocycles. The van der Waals surface area contributed by atoms with E-state index < -0.39 is 17.4 Å². The van der Waals surface area contributed by atoms with Crippen LogP contribution in [0.2, 0.25) is 0 Å². The average molecular weight is 819 g/mol. The molecule has 0 bridgehead atoms. The van der Waals surface area contributed by atoms with Crippen LogP contribution in [0.3, 0.4) is 0 Å². The third-order valence-corrected chi connectivity index (χ3v) is 8.47. The zero-order chi connectivity index (χ0) is 44.3. The van der Waals surface area contributed by atoms with Crippen LogP contribution < -0.4 is 10.6 Å². The Morgan fingerprint density at radius 1 is 0.897 bits per heavy atom. The van der Waals surface area contributed by atoms with Crippen molar-refractivity contribution in [2.24, 2.45) is 5.41 Å². The van der Waals surface area contributed by atoms with E-state index in [1.807, 2.05) is 90.1 Å². The van der Waals surface area contributed by atoms with E-state index in [0.717, 1.165) is 9.79 Å². The molecule has 12 nitrogen and oxygen atoms in total. The number of nitrogens with one attached hydrogen (secondary N) is 2. The van der Waals surface area contributed by atoms with Gasteiger partial charge in [-0.05, 0) is 75.4 Å². The van der Waals surface area contributed by atoms with Crippen LogP contribution in [0.5, 0.6) is 0 Å². The van der Waals surface area contributed by atoms with Crippen molar-refractivity contribution in [3.8, 4) is 0 Å². The highest BCUT2D eigenvalue weighted by Crippen LogP contribution is 2.34. The largest absolute Gasteiger partial charge is 0.465 e. The lowest BCUT2D eigenvalue weighted by Gasteiger charge is -2.31. The highest BCUT2D eigenvalue weighted by atomic mass is 32.2. The summed E-state index contributed by atoms with van der Waals surface area (Å²) in [6.07, 6.45) is 6.60. The number of nitrogens with zero attached hydrogens (tertiary/aromatic N) is 4. The molecule has 58 heavy (non-hydrogen) atoms. The summed E-state index contributed by atoms with van der Waals surface area (Å²) in [5.41, 5.74) is 1.08. The highest BCUT2D eigenvalue weighted by Gasteiger charge is 2.35. The van der Waals surface area contributed by atoms with Crippen LogP contribution >= 0.6 is 11.8 Å². The van der Waals surface area contributed by atoms with Gasteiger partial charge in [-0.25, -0.2) is 4.79 Å². The molecule has 2 heterocycles. The van der Waals surface area contributed by atoms with E-state index >= 15 is 0 Å². The van der Waals surface area contributed by atoms with Gasteiger partial charge in [-0.2, -0.15) is 9.78 Å². The zero-order valence-electron chi connectivity index (χ0n) is 36.9. The summed E-state index contributed by atoms with van der Waals surface area (Å²) in [6.45, 7) is 22.5. The average Bonchev–Trinajstić information content (AvgIpc) is 3.59. The van der Waals surface area contributed by atoms with Gasteiger partial charge in [0, 0.05) is 61.4 Å². The van der Waals surface area contributed by atoms with Crippen LogP contribution in [0.4, 0.5) is 4.79 Å². The SMILES string of the molecule is CC.CC.CC.CCC.CNC(=O)c1ccccc1Sc1ccc2c(/C=C/c3ccccn3)nn(C(=O)N(CCNC(C)=O)CC(C)(C)C(=O)OCCC(C)=O)c2c1. The maximum absolute atomic E-state index is 14.4. The second kappa shape index (κ2) is 29.0. The first-order valence-corrected chi connectivity index (χ1v) is 20.9. The van der Waals surface area contributed by atoms with Crippen molar-refractivity contribution in [2.45, 2.75) is 106 Å². The van der Waals surface area contributed by atoms with Crippen molar-refractivity contribution in [3.63, 3.8) is 0 Å². The highest BCUT2D eigenvalue weighted by molar-refractivity contribution is 7.99. The summed E-state index contributed by atoms with van der Waals surface area (Å²) in [4.78, 5) is 70.4. The maximum atomic E-state index is 14.4. The topological polar surface area (TPSA) is 153 Å². The van der Waals surface area contributed by atoms with Gasteiger partial charge < -0.3 is 20.3 Å². The number of ketones is 1. The number of amides is 3. The molecule has 0 atom stereocenters. The maximum Gasteiger partial charge on any atom is 0.345 e. The van der Waals surface area contributed by atoms with E-state index in [1.54, 1.807) is 51.4 Å². The van der Waals surface area contributed by atoms with Gasteiger partial charge in [0.2, 0.25) is 5.91 Å². The van der Waals surface area contributed by atoms with Crippen LogP contribution in [0.25, 0.3) is 23.1 Å². The first-order chi connectivity index (χ1) is 27.8. The predicted octanol–water partition coefficient (Wildman–Crippen LogP) is 9.56. The minimum atomic E-state index is -1.15. The molecular weight excluding hydrogens is 753 g/mol. The van der Waals surface area contributed by atoms with Gasteiger partial charge in [-0.3, -0.25) is 24.2 Å². The van der Waals surface area contributed by atoms with E-state index in [2.05, 4.69) is 29.5 Å². The fourth-order valence-corrected chi connectivity index (χ4v) is 5.84. The molecule has 4 aromatic rings. The molecule has 0 aliphatic carbocycles. The summed E-state index contributed by atoms with van der Waals surface area (Å²) in [5, 5.41) is 10.8. The van der Waals surface area contributed by atoms with E-state index in [0.29, 0.717) is 27.9 Å². The fraction of sp³-hybridized carbons (Fsp3) is 0.444. The molecule has 3 amide bonds. The number of rotatable bonds is 14. The third kappa shape index (κ3) is 17.5. The Hall–Kier alpha value is -5.30. The van der Waals surface area contributed by atoms with Gasteiger partial charge >= 0.3 is 12.0 Å². The van der Waals surface area contributed by atoms with Crippen molar-refractivity contribution in [2.75, 3.05) is 33.3 Å². The molecule has 0 saturated heterocycles. The van der Waals surface area contributed by atoms with Crippen molar-refractivity contribution in [1.29, 1.82) is 0 Å². The fourth-order valence-electron chi connectivity index (χ4n) is 4.86. The summed E-state index contributed by atoms with van der Waals surface area (Å²) in [5.74, 6) is -1.15. The van der Waals surface area contributed by atoms with Gasteiger partial charge in [0.1, 0.15) is 5.78 Å². The van der Waals surface area contributed by atoms with Crippen molar-refractivity contribution in [1.82, 2.24) is 30.3 Å².